The molecule has 0 saturated heterocycles. The van der Waals surface area contributed by atoms with E-state index in [1.54, 1.807) is 19.9 Å². The van der Waals surface area contributed by atoms with Crippen LogP contribution in [0.25, 0.3) is 0 Å². The molecule has 0 aromatic carbocycles. The Kier molecular flexibility index (Phi) is 9.91. The van der Waals surface area contributed by atoms with Crippen LogP contribution in [0.15, 0.2) is 17.1 Å². The van der Waals surface area contributed by atoms with Gasteiger partial charge in [-0.2, -0.15) is 0 Å². The standard InChI is InChI=1S/C12H22ClO3P/c1-4-7-9-12(10-8-11-13)17(14,15-5-2)16-6-3/h8H,4-7,9,11H2,1-3H3. The largest absolute Gasteiger partial charge is 0.364 e. The van der Waals surface area contributed by atoms with E-state index in [4.69, 9.17) is 20.6 Å². The van der Waals surface area contributed by atoms with Crippen molar-refractivity contribution in [2.45, 2.75) is 40.0 Å². The van der Waals surface area contributed by atoms with Gasteiger partial charge in [-0.1, -0.05) is 13.3 Å². The summed E-state index contributed by atoms with van der Waals surface area (Å²) < 4.78 is 23.1. The minimum absolute atomic E-state index is 0.341. The topological polar surface area (TPSA) is 35.5 Å². The maximum atomic E-state index is 12.5. The lowest BCUT2D eigenvalue weighted by Gasteiger charge is -2.18. The van der Waals surface area contributed by atoms with Crippen LogP contribution in [0, 0.1) is 0 Å². The van der Waals surface area contributed by atoms with Crippen LogP contribution < -0.4 is 0 Å². The fraction of sp³-hybridized carbons (Fsp3) is 0.750. The molecule has 0 unspecified atom stereocenters. The summed E-state index contributed by atoms with van der Waals surface area (Å²) in [5.74, 6) is 0.341. The third kappa shape index (κ3) is 6.45. The number of allylic oxidation sites excluding steroid dienone is 1. The van der Waals surface area contributed by atoms with Crippen molar-refractivity contribution in [3.63, 3.8) is 0 Å². The highest BCUT2D eigenvalue weighted by Crippen LogP contribution is 2.57. The molecule has 0 saturated carbocycles. The second kappa shape index (κ2) is 9.94. The number of hydrogen-bond acceptors (Lipinski definition) is 3. The number of halogens is 1. The van der Waals surface area contributed by atoms with Crippen LogP contribution >= 0.6 is 19.2 Å². The molecule has 0 aromatic heterocycles. The van der Waals surface area contributed by atoms with E-state index >= 15 is 0 Å². The summed E-state index contributed by atoms with van der Waals surface area (Å²) in [5.41, 5.74) is 2.96. The van der Waals surface area contributed by atoms with E-state index in [0.717, 1.165) is 12.8 Å². The SMILES string of the molecule is CCCCC(=C=CCCl)P(=O)(OCC)OCC. The van der Waals surface area contributed by atoms with Crippen molar-refractivity contribution in [3.8, 4) is 0 Å². The van der Waals surface area contributed by atoms with E-state index < -0.39 is 7.60 Å². The molecule has 3 nitrogen and oxygen atoms in total. The van der Waals surface area contributed by atoms with Crippen molar-refractivity contribution in [1.29, 1.82) is 0 Å². The summed E-state index contributed by atoms with van der Waals surface area (Å²) in [4.78, 5) is 0. The highest BCUT2D eigenvalue weighted by molar-refractivity contribution is 7.58. The Balaban J connectivity index is 5.07. The first-order valence-electron chi connectivity index (χ1n) is 6.04. The quantitative estimate of drug-likeness (QED) is 0.348. The van der Waals surface area contributed by atoms with Crippen LogP contribution in [0.4, 0.5) is 0 Å². The molecule has 0 radical (unpaired) electrons. The molecular formula is C12H22ClO3P. The summed E-state index contributed by atoms with van der Waals surface area (Å²) in [7, 11) is -3.17. The second-order valence-corrected chi connectivity index (χ2v) is 5.75. The van der Waals surface area contributed by atoms with Gasteiger partial charge in [0.15, 0.2) is 0 Å². The van der Waals surface area contributed by atoms with Gasteiger partial charge in [-0.05, 0) is 32.8 Å². The number of alkyl halides is 1. The van der Waals surface area contributed by atoms with Gasteiger partial charge in [0, 0.05) is 5.88 Å². The molecular weight excluding hydrogens is 259 g/mol. The smallest absolute Gasteiger partial charge is 0.305 e. The van der Waals surface area contributed by atoms with Crippen LogP contribution in [0.3, 0.4) is 0 Å². The van der Waals surface area contributed by atoms with Crippen LogP contribution in [0.5, 0.6) is 0 Å². The average molecular weight is 281 g/mol. The highest BCUT2D eigenvalue weighted by Gasteiger charge is 2.28. The van der Waals surface area contributed by atoms with E-state index in [0.29, 0.717) is 30.8 Å². The Hall–Kier alpha value is -0.0400. The molecule has 0 rings (SSSR count). The summed E-state index contributed by atoms with van der Waals surface area (Å²) in [6, 6.07) is 0. The normalized spacial score (nSPS) is 11.1. The van der Waals surface area contributed by atoms with Crippen molar-refractivity contribution in [3.05, 3.63) is 17.1 Å². The highest BCUT2D eigenvalue weighted by atomic mass is 35.5. The van der Waals surface area contributed by atoms with E-state index in [-0.39, 0.29) is 0 Å². The first-order valence-corrected chi connectivity index (χ1v) is 8.11. The Morgan fingerprint density at radius 3 is 2.29 bits per heavy atom. The van der Waals surface area contributed by atoms with Gasteiger partial charge in [0.05, 0.1) is 18.5 Å². The number of rotatable bonds is 9. The Bertz CT molecular complexity index is 299. The van der Waals surface area contributed by atoms with E-state index in [2.05, 4.69) is 12.7 Å². The Morgan fingerprint density at radius 2 is 1.88 bits per heavy atom. The molecule has 0 atom stereocenters. The van der Waals surface area contributed by atoms with Crippen molar-refractivity contribution in [1.82, 2.24) is 0 Å². The molecule has 0 aliphatic rings. The van der Waals surface area contributed by atoms with Crippen LogP contribution in [0.1, 0.15) is 40.0 Å². The fourth-order valence-electron chi connectivity index (χ4n) is 1.32. The predicted octanol–water partition coefficient (Wildman–Crippen LogP) is 4.72. The molecule has 0 aliphatic carbocycles. The molecule has 17 heavy (non-hydrogen) atoms. The molecule has 0 spiro atoms. The van der Waals surface area contributed by atoms with Crippen molar-refractivity contribution in [2.24, 2.45) is 0 Å². The summed E-state index contributed by atoms with van der Waals surface area (Å²) in [6.45, 7) is 6.39. The van der Waals surface area contributed by atoms with Crippen molar-refractivity contribution < 1.29 is 13.6 Å². The molecule has 0 fully saturated rings. The monoisotopic (exact) mass is 280 g/mol. The molecule has 5 heteroatoms. The van der Waals surface area contributed by atoms with E-state index in [1.165, 1.54) is 0 Å². The first-order chi connectivity index (χ1) is 8.14. The van der Waals surface area contributed by atoms with Gasteiger partial charge in [0.1, 0.15) is 0 Å². The Morgan fingerprint density at radius 1 is 1.29 bits per heavy atom. The lowest BCUT2D eigenvalue weighted by Crippen LogP contribution is -1.98. The third-order valence-electron chi connectivity index (χ3n) is 2.04. The zero-order valence-electron chi connectivity index (χ0n) is 10.9. The van der Waals surface area contributed by atoms with Gasteiger partial charge in [0.2, 0.25) is 0 Å². The maximum Gasteiger partial charge on any atom is 0.364 e. The van der Waals surface area contributed by atoms with Crippen molar-refractivity contribution in [2.75, 3.05) is 19.1 Å². The van der Waals surface area contributed by atoms with Crippen molar-refractivity contribution >= 4 is 19.2 Å². The molecule has 0 aromatic rings. The minimum atomic E-state index is -3.17. The van der Waals surface area contributed by atoms with Gasteiger partial charge >= 0.3 is 7.60 Å². The average Bonchev–Trinajstić information content (AvgIpc) is 2.29. The molecule has 0 heterocycles. The molecule has 100 valence electrons. The summed E-state index contributed by atoms with van der Waals surface area (Å²) >= 11 is 5.58. The molecule has 0 bridgehead atoms. The molecule has 0 aliphatic heterocycles. The predicted molar refractivity (Wildman–Crippen MR) is 72.7 cm³/mol. The summed E-state index contributed by atoms with van der Waals surface area (Å²) in [6.07, 6.45) is 4.27. The lowest BCUT2D eigenvalue weighted by atomic mass is 10.2. The zero-order chi connectivity index (χ0) is 13.1. The third-order valence-corrected chi connectivity index (χ3v) is 4.41. The fourth-order valence-corrected chi connectivity index (χ4v) is 3.15. The van der Waals surface area contributed by atoms with Gasteiger partial charge in [0.25, 0.3) is 0 Å². The zero-order valence-corrected chi connectivity index (χ0v) is 12.5. The summed E-state index contributed by atoms with van der Waals surface area (Å²) in [5, 5.41) is 0.601. The van der Waals surface area contributed by atoms with E-state index in [9.17, 15) is 4.57 Å². The van der Waals surface area contributed by atoms with Gasteiger partial charge in [-0.3, -0.25) is 4.57 Å². The van der Waals surface area contributed by atoms with E-state index in [1.807, 2.05) is 0 Å². The molecule has 0 N–H and O–H groups in total. The van der Waals surface area contributed by atoms with Crippen LogP contribution in [0.2, 0.25) is 0 Å². The minimum Gasteiger partial charge on any atom is -0.305 e. The maximum absolute atomic E-state index is 12.5. The van der Waals surface area contributed by atoms with Gasteiger partial charge in [-0.25, -0.2) is 0 Å². The first kappa shape index (κ1) is 17.0. The van der Waals surface area contributed by atoms with Crippen LogP contribution in [-0.4, -0.2) is 19.1 Å². The lowest BCUT2D eigenvalue weighted by molar-refractivity contribution is 0.225. The molecule has 0 amide bonds. The van der Waals surface area contributed by atoms with Crippen LogP contribution in [-0.2, 0) is 13.6 Å². The number of hydrogen-bond donors (Lipinski definition) is 0. The van der Waals surface area contributed by atoms with Gasteiger partial charge in [-0.15, -0.1) is 17.3 Å². The second-order valence-electron chi connectivity index (χ2n) is 3.39. The Labute approximate surface area is 109 Å². The number of unbranched alkanes of at least 4 members (excludes halogenated alkanes) is 1. The van der Waals surface area contributed by atoms with Gasteiger partial charge < -0.3 is 9.05 Å².